The summed E-state index contributed by atoms with van der Waals surface area (Å²) in [5, 5.41) is 2.96. The van der Waals surface area contributed by atoms with Gasteiger partial charge in [0.1, 0.15) is 13.9 Å². The van der Waals surface area contributed by atoms with E-state index in [2.05, 4.69) is 36.4 Å². The quantitative estimate of drug-likeness (QED) is 0.466. The third kappa shape index (κ3) is 5.05. The maximum absolute atomic E-state index is 12.6. The first-order valence-electron chi connectivity index (χ1n) is 4.96. The molecule has 0 radical (unpaired) electrons. The molecule has 1 rings (SSSR count). The highest BCUT2D eigenvalue weighted by atomic mass is 32.1. The van der Waals surface area contributed by atoms with Gasteiger partial charge in [-0.25, -0.2) is 4.39 Å². The Balaban J connectivity index is 2.64. The van der Waals surface area contributed by atoms with Crippen molar-refractivity contribution in [2.75, 3.05) is 5.32 Å². The minimum absolute atomic E-state index is 0.260. The fourth-order valence-electron chi connectivity index (χ4n) is 0.940. The third-order valence-corrected chi connectivity index (χ3v) is 2.73. The summed E-state index contributed by atoms with van der Waals surface area (Å²) in [7, 11) is -1.39. The zero-order chi connectivity index (χ0) is 12.2. The smallest absolute Gasteiger partial charge is 0.154 e. The Labute approximate surface area is 102 Å². The van der Waals surface area contributed by atoms with Crippen molar-refractivity contribution < 1.29 is 4.39 Å². The number of rotatable bonds is 1. The van der Waals surface area contributed by atoms with Gasteiger partial charge >= 0.3 is 0 Å². The largest absolute Gasteiger partial charge is 0.340 e. The van der Waals surface area contributed by atoms with E-state index in [-0.39, 0.29) is 5.82 Å². The van der Waals surface area contributed by atoms with Crippen molar-refractivity contribution in [3.05, 3.63) is 30.1 Å². The van der Waals surface area contributed by atoms with Crippen molar-refractivity contribution >= 4 is 31.0 Å². The van der Waals surface area contributed by atoms with E-state index in [1.807, 2.05) is 0 Å². The highest BCUT2D eigenvalue weighted by Gasteiger charge is 2.07. The van der Waals surface area contributed by atoms with Crippen LogP contribution in [0.5, 0.6) is 0 Å². The van der Waals surface area contributed by atoms with Crippen LogP contribution in [0.25, 0.3) is 0 Å². The van der Waals surface area contributed by atoms with Crippen LogP contribution >= 0.6 is 12.2 Å². The van der Waals surface area contributed by atoms with Gasteiger partial charge in [0, 0.05) is 5.69 Å². The number of halogens is 1. The fraction of sp³-hybridized carbons (Fsp3) is 0.250. The molecule has 0 spiro atoms. The average molecular weight is 251 g/mol. The molecule has 0 atom stereocenters. The zero-order valence-corrected chi connectivity index (χ0v) is 11.4. The molecule has 4 heteroatoms. The van der Waals surface area contributed by atoms with Crippen molar-refractivity contribution in [3.63, 3.8) is 0 Å². The second-order valence-corrected chi connectivity index (χ2v) is 9.62. The summed E-state index contributed by atoms with van der Waals surface area (Å²) >= 11 is 5.08. The second kappa shape index (κ2) is 5.24. The molecular formula is C12H14FNSSi. The van der Waals surface area contributed by atoms with E-state index in [1.54, 1.807) is 12.1 Å². The van der Waals surface area contributed by atoms with E-state index in [4.69, 9.17) is 12.2 Å². The summed E-state index contributed by atoms with van der Waals surface area (Å²) in [6.07, 6.45) is 0. The first-order chi connectivity index (χ1) is 7.37. The van der Waals surface area contributed by atoms with E-state index in [9.17, 15) is 4.39 Å². The average Bonchev–Trinajstić information content (AvgIpc) is 2.18. The number of hydrogen-bond donors (Lipinski definition) is 1. The Hall–Kier alpha value is -1.18. The van der Waals surface area contributed by atoms with Crippen molar-refractivity contribution in [1.82, 2.24) is 0 Å². The van der Waals surface area contributed by atoms with Crippen LogP contribution in [0.4, 0.5) is 10.1 Å². The first-order valence-corrected chi connectivity index (χ1v) is 8.87. The van der Waals surface area contributed by atoms with Gasteiger partial charge in [-0.3, -0.25) is 0 Å². The van der Waals surface area contributed by atoms with E-state index < -0.39 is 8.07 Å². The van der Waals surface area contributed by atoms with Gasteiger partial charge < -0.3 is 5.32 Å². The highest BCUT2D eigenvalue weighted by molar-refractivity contribution is 7.81. The molecule has 84 valence electrons. The molecule has 0 saturated carbocycles. The summed E-state index contributed by atoms with van der Waals surface area (Å²) in [5.41, 5.74) is 3.92. The molecule has 0 fully saturated rings. The molecule has 1 aromatic rings. The van der Waals surface area contributed by atoms with Gasteiger partial charge in [0.2, 0.25) is 0 Å². The maximum Gasteiger partial charge on any atom is 0.154 e. The summed E-state index contributed by atoms with van der Waals surface area (Å²) in [6.45, 7) is 6.46. The molecule has 0 bridgehead atoms. The molecule has 0 heterocycles. The summed E-state index contributed by atoms with van der Waals surface area (Å²) < 4.78 is 12.6. The van der Waals surface area contributed by atoms with Crippen molar-refractivity contribution in [2.45, 2.75) is 19.6 Å². The Bertz CT molecular complexity index is 437. The maximum atomic E-state index is 12.6. The van der Waals surface area contributed by atoms with Crippen LogP contribution in [0.1, 0.15) is 0 Å². The molecule has 0 aliphatic rings. The van der Waals surface area contributed by atoms with Crippen molar-refractivity contribution in [1.29, 1.82) is 0 Å². The van der Waals surface area contributed by atoms with Crippen LogP contribution in [0.3, 0.4) is 0 Å². The van der Waals surface area contributed by atoms with Gasteiger partial charge in [-0.2, -0.15) is 0 Å². The number of hydrogen-bond acceptors (Lipinski definition) is 1. The van der Waals surface area contributed by atoms with Crippen molar-refractivity contribution in [3.8, 4) is 11.5 Å². The summed E-state index contributed by atoms with van der Waals surface area (Å²) in [4.78, 5) is 0.481. The van der Waals surface area contributed by atoms with Crippen LogP contribution < -0.4 is 5.32 Å². The summed E-state index contributed by atoms with van der Waals surface area (Å²) in [6, 6.07) is 6.05. The molecule has 0 aliphatic heterocycles. The van der Waals surface area contributed by atoms with Crippen LogP contribution in [-0.2, 0) is 0 Å². The lowest BCUT2D eigenvalue weighted by Gasteiger charge is -2.05. The van der Waals surface area contributed by atoms with Gasteiger partial charge in [0.15, 0.2) is 4.99 Å². The molecule has 0 saturated heterocycles. The third-order valence-electron chi connectivity index (χ3n) is 1.65. The van der Waals surface area contributed by atoms with Crippen LogP contribution in [0.15, 0.2) is 24.3 Å². The van der Waals surface area contributed by atoms with E-state index in [1.165, 1.54) is 12.1 Å². The Morgan fingerprint density at radius 2 is 1.81 bits per heavy atom. The monoisotopic (exact) mass is 251 g/mol. The Morgan fingerprint density at radius 1 is 1.25 bits per heavy atom. The normalized spacial score (nSPS) is 10.2. The number of nitrogens with one attached hydrogen (secondary N) is 1. The Kier molecular flexibility index (Phi) is 4.22. The fourth-order valence-corrected chi connectivity index (χ4v) is 1.70. The molecule has 0 amide bonds. The minimum Gasteiger partial charge on any atom is -0.340 e. The lowest BCUT2D eigenvalue weighted by molar-refractivity contribution is 0.628. The summed E-state index contributed by atoms with van der Waals surface area (Å²) in [5.74, 6) is 2.66. The van der Waals surface area contributed by atoms with Crippen LogP contribution in [-0.4, -0.2) is 13.1 Å². The van der Waals surface area contributed by atoms with Gasteiger partial charge in [-0.15, -0.1) is 5.54 Å². The molecule has 1 nitrogen and oxygen atoms in total. The molecule has 1 aromatic carbocycles. The number of thiocarbonyl (C=S) groups is 1. The highest BCUT2D eigenvalue weighted by Crippen LogP contribution is 2.08. The molecule has 1 N–H and O–H groups in total. The van der Waals surface area contributed by atoms with Crippen molar-refractivity contribution in [2.24, 2.45) is 0 Å². The van der Waals surface area contributed by atoms with Crippen LogP contribution in [0, 0.1) is 17.3 Å². The van der Waals surface area contributed by atoms with Gasteiger partial charge in [-0.1, -0.05) is 31.9 Å². The van der Waals surface area contributed by atoms with Gasteiger partial charge in [-0.05, 0) is 30.2 Å². The van der Waals surface area contributed by atoms with E-state index in [0.717, 1.165) is 5.69 Å². The first kappa shape index (κ1) is 12.9. The predicted molar refractivity (Wildman–Crippen MR) is 73.7 cm³/mol. The predicted octanol–water partition coefficient (Wildman–Crippen LogP) is 3.45. The van der Waals surface area contributed by atoms with Crippen LogP contribution in [0.2, 0.25) is 19.6 Å². The zero-order valence-electron chi connectivity index (χ0n) is 9.60. The topological polar surface area (TPSA) is 12.0 Å². The number of anilines is 1. The molecule has 0 aliphatic carbocycles. The molecule has 0 unspecified atom stereocenters. The standard InChI is InChI=1S/C12H14FNSSi/c1-16(2,3)9-8-12(15)14-11-6-4-10(13)5-7-11/h4-7H,1-3H3,(H,14,15). The molecule has 16 heavy (non-hydrogen) atoms. The molecular weight excluding hydrogens is 237 g/mol. The van der Waals surface area contributed by atoms with E-state index >= 15 is 0 Å². The molecule has 0 aromatic heterocycles. The van der Waals surface area contributed by atoms with Gasteiger partial charge in [0.05, 0.1) is 0 Å². The minimum atomic E-state index is -1.39. The lowest BCUT2D eigenvalue weighted by Crippen LogP contribution is -2.18. The lowest BCUT2D eigenvalue weighted by atomic mass is 10.3. The van der Waals surface area contributed by atoms with Gasteiger partial charge in [0.25, 0.3) is 0 Å². The Morgan fingerprint density at radius 3 is 2.31 bits per heavy atom. The SMILES string of the molecule is C[Si](C)(C)C#CC(=S)Nc1ccc(F)cc1. The number of benzene rings is 1. The second-order valence-electron chi connectivity index (χ2n) is 4.46. The van der Waals surface area contributed by atoms with E-state index in [0.29, 0.717) is 4.99 Å².